The number of rotatable bonds is 6. The molecule has 0 heterocycles. The van der Waals surface area contributed by atoms with Crippen molar-refractivity contribution >= 4 is 18.5 Å². The van der Waals surface area contributed by atoms with Gasteiger partial charge in [0.15, 0.2) is 0 Å². The van der Waals surface area contributed by atoms with Gasteiger partial charge in [-0.2, -0.15) is 0 Å². The smallest absolute Gasteiger partial charge is 0.321 e. The molecule has 6 heteroatoms. The van der Waals surface area contributed by atoms with E-state index in [1.54, 1.807) is 0 Å². The van der Waals surface area contributed by atoms with E-state index < -0.39 is 6.72 Å². The van der Waals surface area contributed by atoms with E-state index in [0.717, 1.165) is 31.8 Å². The van der Waals surface area contributed by atoms with Crippen LogP contribution in [0.25, 0.3) is 0 Å². The largest absolute Gasteiger partial charge is 0.378 e. The maximum absolute atomic E-state index is 9.07. The van der Waals surface area contributed by atoms with E-state index in [4.69, 9.17) is 19.0 Å². The van der Waals surface area contributed by atoms with Crippen LogP contribution in [0.15, 0.2) is 0 Å². The van der Waals surface area contributed by atoms with Gasteiger partial charge in [0, 0.05) is 6.61 Å². The standard InChI is InChI=1S/C14H27O4PS/c15-19(16,20)18-11-13-7-8-14(9-13)17-10-12-5-3-1-2-4-6-12/h12-14H,1-11H2,(H2,15,16,20)/t13-,14+/m1/s1. The molecule has 0 aromatic rings. The van der Waals surface area contributed by atoms with E-state index in [1.807, 2.05) is 0 Å². The highest BCUT2D eigenvalue weighted by Gasteiger charge is 2.27. The molecule has 2 atom stereocenters. The fraction of sp³-hybridized carbons (Fsp3) is 1.00. The van der Waals surface area contributed by atoms with E-state index in [0.29, 0.717) is 18.6 Å². The molecule has 0 aromatic carbocycles. The summed E-state index contributed by atoms with van der Waals surface area (Å²) in [6, 6.07) is 0. The van der Waals surface area contributed by atoms with Crippen molar-refractivity contribution in [3.05, 3.63) is 0 Å². The van der Waals surface area contributed by atoms with Crippen LogP contribution in [0.3, 0.4) is 0 Å². The summed E-state index contributed by atoms with van der Waals surface area (Å²) in [4.78, 5) is 18.1. The van der Waals surface area contributed by atoms with Crippen molar-refractivity contribution in [1.82, 2.24) is 0 Å². The minimum atomic E-state index is -3.49. The summed E-state index contributed by atoms with van der Waals surface area (Å²) >= 11 is 4.47. The van der Waals surface area contributed by atoms with Crippen LogP contribution < -0.4 is 0 Å². The molecular formula is C14H27O4PS. The lowest BCUT2D eigenvalue weighted by atomic mass is 10.0. The first-order chi connectivity index (χ1) is 9.53. The maximum Gasteiger partial charge on any atom is 0.321 e. The first-order valence-electron chi connectivity index (χ1n) is 7.84. The van der Waals surface area contributed by atoms with Crippen molar-refractivity contribution in [3.8, 4) is 0 Å². The third-order valence-corrected chi connectivity index (χ3v) is 5.32. The molecule has 2 rings (SSSR count). The Morgan fingerprint density at radius 2 is 1.60 bits per heavy atom. The first kappa shape index (κ1) is 16.9. The third kappa shape index (κ3) is 6.50. The summed E-state index contributed by atoms with van der Waals surface area (Å²) in [7, 11) is 0. The van der Waals surface area contributed by atoms with E-state index >= 15 is 0 Å². The SMILES string of the molecule is OP(O)(=S)OC[C@@H]1CC[C@H](OCC2CCCCCC2)C1. The molecule has 2 aliphatic carbocycles. The van der Waals surface area contributed by atoms with Crippen LogP contribution in [0.4, 0.5) is 0 Å². The molecule has 0 aromatic heterocycles. The molecule has 0 amide bonds. The molecule has 118 valence electrons. The Labute approximate surface area is 127 Å². The molecule has 2 fully saturated rings. The summed E-state index contributed by atoms with van der Waals surface area (Å²) in [5, 5.41) is 0. The summed E-state index contributed by atoms with van der Waals surface area (Å²) in [5.74, 6) is 1.10. The molecule has 2 saturated carbocycles. The van der Waals surface area contributed by atoms with Gasteiger partial charge in [-0.3, -0.25) is 0 Å². The van der Waals surface area contributed by atoms with Gasteiger partial charge in [0.25, 0.3) is 0 Å². The van der Waals surface area contributed by atoms with Gasteiger partial charge in [-0.25, -0.2) is 0 Å². The van der Waals surface area contributed by atoms with Crippen molar-refractivity contribution < 1.29 is 19.0 Å². The lowest BCUT2D eigenvalue weighted by molar-refractivity contribution is 0.0262. The highest BCUT2D eigenvalue weighted by molar-refractivity contribution is 8.06. The Balaban J connectivity index is 1.61. The fourth-order valence-corrected chi connectivity index (χ4v) is 3.92. The summed E-state index contributed by atoms with van der Waals surface area (Å²) in [6.45, 7) is -2.23. The highest BCUT2D eigenvalue weighted by Crippen LogP contribution is 2.39. The number of hydrogen-bond acceptors (Lipinski definition) is 3. The average Bonchev–Trinajstić information content (AvgIpc) is 2.68. The van der Waals surface area contributed by atoms with Gasteiger partial charge in [-0.05, 0) is 55.7 Å². The van der Waals surface area contributed by atoms with E-state index in [9.17, 15) is 0 Å². The number of hydrogen-bond donors (Lipinski definition) is 2. The Hall–Kier alpha value is 0.490. The van der Waals surface area contributed by atoms with Gasteiger partial charge >= 0.3 is 6.72 Å². The Morgan fingerprint density at radius 1 is 0.900 bits per heavy atom. The van der Waals surface area contributed by atoms with Crippen molar-refractivity contribution in [2.24, 2.45) is 11.8 Å². The van der Waals surface area contributed by atoms with Gasteiger partial charge in [0.2, 0.25) is 0 Å². The fourth-order valence-electron chi connectivity index (χ4n) is 3.34. The molecule has 0 unspecified atom stereocenters. The Bertz CT molecular complexity index is 325. The van der Waals surface area contributed by atoms with Gasteiger partial charge < -0.3 is 19.0 Å². The van der Waals surface area contributed by atoms with Crippen molar-refractivity contribution in [1.29, 1.82) is 0 Å². The lowest BCUT2D eigenvalue weighted by Crippen LogP contribution is -2.16. The zero-order valence-electron chi connectivity index (χ0n) is 12.1. The van der Waals surface area contributed by atoms with Crippen molar-refractivity contribution in [2.45, 2.75) is 63.9 Å². The molecule has 0 spiro atoms. The van der Waals surface area contributed by atoms with Crippen LogP contribution in [-0.2, 0) is 21.1 Å². The van der Waals surface area contributed by atoms with Gasteiger partial charge in [-0.1, -0.05) is 25.7 Å². The van der Waals surface area contributed by atoms with E-state index in [-0.39, 0.29) is 0 Å². The third-order valence-electron chi connectivity index (χ3n) is 4.51. The topological polar surface area (TPSA) is 58.9 Å². The molecule has 4 nitrogen and oxygen atoms in total. The summed E-state index contributed by atoms with van der Waals surface area (Å²) in [5.41, 5.74) is 0. The molecular weight excluding hydrogens is 295 g/mol. The lowest BCUT2D eigenvalue weighted by Gasteiger charge is -2.18. The molecule has 2 aliphatic rings. The molecule has 0 radical (unpaired) electrons. The zero-order valence-corrected chi connectivity index (χ0v) is 13.8. The summed E-state index contributed by atoms with van der Waals surface area (Å²) < 4.78 is 11.0. The summed E-state index contributed by atoms with van der Waals surface area (Å²) in [6.07, 6.45) is 11.5. The molecule has 20 heavy (non-hydrogen) atoms. The molecule has 0 saturated heterocycles. The molecule has 2 N–H and O–H groups in total. The number of ether oxygens (including phenoxy) is 1. The van der Waals surface area contributed by atoms with Crippen LogP contribution in [0.5, 0.6) is 0 Å². The normalized spacial score (nSPS) is 29.5. The second-order valence-electron chi connectivity index (χ2n) is 6.28. The predicted molar refractivity (Wildman–Crippen MR) is 82.9 cm³/mol. The van der Waals surface area contributed by atoms with Crippen LogP contribution >= 0.6 is 6.72 Å². The predicted octanol–water partition coefficient (Wildman–Crippen LogP) is 3.37. The monoisotopic (exact) mass is 322 g/mol. The van der Waals surface area contributed by atoms with Crippen LogP contribution in [-0.4, -0.2) is 29.1 Å². The van der Waals surface area contributed by atoms with Gasteiger partial charge in [0.05, 0.1) is 12.7 Å². The Morgan fingerprint density at radius 3 is 2.25 bits per heavy atom. The van der Waals surface area contributed by atoms with Crippen molar-refractivity contribution in [2.75, 3.05) is 13.2 Å². The second-order valence-corrected chi connectivity index (χ2v) is 8.94. The maximum atomic E-state index is 9.07. The molecule has 0 aliphatic heterocycles. The van der Waals surface area contributed by atoms with Crippen LogP contribution in [0.1, 0.15) is 57.8 Å². The van der Waals surface area contributed by atoms with Crippen LogP contribution in [0, 0.1) is 11.8 Å². The van der Waals surface area contributed by atoms with Crippen LogP contribution in [0.2, 0.25) is 0 Å². The zero-order chi connectivity index (χ0) is 14.4. The first-order valence-corrected chi connectivity index (χ1v) is 10.5. The minimum Gasteiger partial charge on any atom is -0.378 e. The van der Waals surface area contributed by atoms with E-state index in [2.05, 4.69) is 11.8 Å². The minimum absolute atomic E-state index is 0.321. The Kier molecular flexibility index (Phi) is 6.92. The van der Waals surface area contributed by atoms with Gasteiger partial charge in [-0.15, -0.1) is 0 Å². The van der Waals surface area contributed by atoms with E-state index in [1.165, 1.54) is 38.5 Å². The highest BCUT2D eigenvalue weighted by atomic mass is 32.5. The molecule has 0 bridgehead atoms. The van der Waals surface area contributed by atoms with Crippen molar-refractivity contribution in [3.63, 3.8) is 0 Å². The quantitative estimate of drug-likeness (QED) is 0.580. The second kappa shape index (κ2) is 8.21. The average molecular weight is 322 g/mol. The van der Waals surface area contributed by atoms with Gasteiger partial charge in [0.1, 0.15) is 0 Å².